The van der Waals surface area contributed by atoms with E-state index in [0.29, 0.717) is 25.3 Å². The van der Waals surface area contributed by atoms with Gasteiger partial charge in [-0.05, 0) is 24.9 Å². The molecule has 6 heteroatoms. The third-order valence-electron chi connectivity index (χ3n) is 1.68. The number of thioether (sulfide) groups is 1. The van der Waals surface area contributed by atoms with Gasteiger partial charge in [0.2, 0.25) is 5.91 Å². The van der Waals surface area contributed by atoms with Gasteiger partial charge in [-0.15, -0.1) is 18.2 Å². The standard InChI is InChI=1S/C11H18NO3PS/c1-4-12-11(13)7-9-17-10-8-16(14,6-3)15-5-2/h3,8,10H,4-5,7,9H2,1-2H3,(H,12,13)/b10-8+. The van der Waals surface area contributed by atoms with Crippen LogP contribution in [0.3, 0.4) is 0 Å². The summed E-state index contributed by atoms with van der Waals surface area (Å²) in [6, 6.07) is 0. The maximum atomic E-state index is 11.7. The molecule has 17 heavy (non-hydrogen) atoms. The number of nitrogens with one attached hydrogen (secondary N) is 1. The van der Waals surface area contributed by atoms with E-state index in [9.17, 15) is 9.36 Å². The second kappa shape index (κ2) is 9.35. The number of rotatable bonds is 8. The van der Waals surface area contributed by atoms with Gasteiger partial charge >= 0.3 is 0 Å². The molecule has 0 rings (SSSR count). The topological polar surface area (TPSA) is 55.4 Å². The van der Waals surface area contributed by atoms with E-state index in [1.54, 1.807) is 12.3 Å². The molecule has 1 amide bonds. The zero-order valence-corrected chi connectivity index (χ0v) is 11.9. The minimum atomic E-state index is -3.05. The van der Waals surface area contributed by atoms with Crippen molar-refractivity contribution in [1.82, 2.24) is 5.32 Å². The van der Waals surface area contributed by atoms with Gasteiger partial charge in [0.1, 0.15) is 0 Å². The van der Waals surface area contributed by atoms with Crippen LogP contribution in [0.25, 0.3) is 0 Å². The molecule has 0 heterocycles. The molecule has 1 atom stereocenters. The highest BCUT2D eigenvalue weighted by atomic mass is 32.2. The lowest BCUT2D eigenvalue weighted by atomic mass is 10.4. The zero-order valence-electron chi connectivity index (χ0n) is 10.1. The Morgan fingerprint density at radius 1 is 1.59 bits per heavy atom. The van der Waals surface area contributed by atoms with Crippen LogP contribution >= 0.6 is 19.1 Å². The van der Waals surface area contributed by atoms with E-state index >= 15 is 0 Å². The Morgan fingerprint density at radius 3 is 2.82 bits per heavy atom. The summed E-state index contributed by atoms with van der Waals surface area (Å²) in [6.45, 7) is 4.56. The Hall–Kier alpha value is -0.690. The number of hydrogen-bond acceptors (Lipinski definition) is 4. The van der Waals surface area contributed by atoms with Crippen molar-refractivity contribution in [3.63, 3.8) is 0 Å². The summed E-state index contributed by atoms with van der Waals surface area (Å²) in [4.78, 5) is 11.1. The van der Waals surface area contributed by atoms with Crippen molar-refractivity contribution in [1.29, 1.82) is 0 Å². The molecule has 0 aromatic carbocycles. The molecule has 0 spiro atoms. The first-order chi connectivity index (χ1) is 8.08. The normalized spacial score (nSPS) is 14.2. The molecular weight excluding hydrogens is 257 g/mol. The van der Waals surface area contributed by atoms with E-state index < -0.39 is 7.37 Å². The summed E-state index contributed by atoms with van der Waals surface area (Å²) in [5, 5.41) is 4.33. The second-order valence-electron chi connectivity index (χ2n) is 3.00. The number of carbonyl (C=O) groups excluding carboxylic acids is 1. The van der Waals surface area contributed by atoms with Crippen molar-refractivity contribution in [3.05, 3.63) is 11.2 Å². The third kappa shape index (κ3) is 8.09. The van der Waals surface area contributed by atoms with Crippen LogP contribution in [0, 0.1) is 12.1 Å². The maximum absolute atomic E-state index is 11.7. The van der Waals surface area contributed by atoms with Crippen molar-refractivity contribution in [2.45, 2.75) is 20.3 Å². The van der Waals surface area contributed by atoms with Gasteiger partial charge in [-0.1, -0.05) is 0 Å². The van der Waals surface area contributed by atoms with Gasteiger partial charge in [0.05, 0.1) is 6.61 Å². The quantitative estimate of drug-likeness (QED) is 0.420. The highest BCUT2D eigenvalue weighted by molar-refractivity contribution is 8.02. The largest absolute Gasteiger partial charge is 0.356 e. The Morgan fingerprint density at radius 2 is 2.29 bits per heavy atom. The van der Waals surface area contributed by atoms with Crippen LogP contribution in [0.4, 0.5) is 0 Å². The summed E-state index contributed by atoms with van der Waals surface area (Å²) in [5.74, 6) is 2.04. The van der Waals surface area contributed by atoms with Crippen LogP contribution in [-0.4, -0.2) is 24.8 Å². The van der Waals surface area contributed by atoms with Crippen LogP contribution in [0.15, 0.2) is 11.2 Å². The minimum absolute atomic E-state index is 0.0124. The third-order valence-corrected chi connectivity index (χ3v) is 4.19. The van der Waals surface area contributed by atoms with Crippen molar-refractivity contribution in [2.75, 3.05) is 18.9 Å². The SMILES string of the molecule is C#CP(=O)(/C=C/SCCC(=O)NCC)OCC. The molecule has 0 aromatic heterocycles. The predicted octanol–water partition coefficient (Wildman–Crippen LogP) is 2.62. The van der Waals surface area contributed by atoms with Crippen LogP contribution in [0.2, 0.25) is 0 Å². The van der Waals surface area contributed by atoms with E-state index in [1.165, 1.54) is 17.6 Å². The molecule has 0 fully saturated rings. The van der Waals surface area contributed by atoms with Crippen LogP contribution in [0.1, 0.15) is 20.3 Å². The molecule has 1 unspecified atom stereocenters. The summed E-state index contributed by atoms with van der Waals surface area (Å²) in [5.41, 5.74) is 2.15. The molecule has 0 bridgehead atoms. The Bertz CT molecular complexity index is 349. The van der Waals surface area contributed by atoms with E-state index in [4.69, 9.17) is 10.9 Å². The van der Waals surface area contributed by atoms with Crippen LogP contribution < -0.4 is 5.32 Å². The fraction of sp³-hybridized carbons (Fsp3) is 0.545. The fourth-order valence-corrected chi connectivity index (χ4v) is 3.00. The van der Waals surface area contributed by atoms with Crippen LogP contribution in [0.5, 0.6) is 0 Å². The lowest BCUT2D eigenvalue weighted by molar-refractivity contribution is -0.120. The second-order valence-corrected chi connectivity index (χ2v) is 6.03. The van der Waals surface area contributed by atoms with Crippen molar-refractivity contribution in [2.24, 2.45) is 0 Å². The number of carbonyl (C=O) groups is 1. The minimum Gasteiger partial charge on any atom is -0.356 e. The molecule has 96 valence electrons. The number of amides is 1. The first-order valence-corrected chi connectivity index (χ1v) is 8.10. The molecule has 0 radical (unpaired) electrons. The molecule has 0 aromatic rings. The highest BCUT2D eigenvalue weighted by Gasteiger charge is 2.13. The summed E-state index contributed by atoms with van der Waals surface area (Å²) in [7, 11) is -3.05. The molecule has 1 N–H and O–H groups in total. The van der Waals surface area contributed by atoms with Gasteiger partial charge in [0.25, 0.3) is 7.37 Å². The average molecular weight is 275 g/mol. The molecule has 0 aliphatic carbocycles. The molecule has 0 saturated carbocycles. The predicted molar refractivity (Wildman–Crippen MR) is 73.0 cm³/mol. The van der Waals surface area contributed by atoms with E-state index in [0.717, 1.165) is 0 Å². The number of hydrogen-bond donors (Lipinski definition) is 1. The van der Waals surface area contributed by atoms with Gasteiger partial charge in [-0.2, -0.15) is 0 Å². The van der Waals surface area contributed by atoms with E-state index in [1.807, 2.05) is 6.92 Å². The van der Waals surface area contributed by atoms with Gasteiger partial charge in [-0.25, -0.2) is 0 Å². The molecular formula is C11H18NO3PS. The van der Waals surface area contributed by atoms with Crippen molar-refractivity contribution >= 4 is 25.0 Å². The van der Waals surface area contributed by atoms with Crippen LogP contribution in [-0.2, 0) is 13.9 Å². The molecule has 0 aliphatic heterocycles. The number of terminal acetylenes is 1. The van der Waals surface area contributed by atoms with Gasteiger partial charge in [0.15, 0.2) is 0 Å². The van der Waals surface area contributed by atoms with Gasteiger partial charge < -0.3 is 9.84 Å². The lowest BCUT2D eigenvalue weighted by Crippen LogP contribution is -2.22. The fourth-order valence-electron chi connectivity index (χ4n) is 0.943. The van der Waals surface area contributed by atoms with Gasteiger partial charge in [-0.3, -0.25) is 9.36 Å². The summed E-state index contributed by atoms with van der Waals surface area (Å²) in [6.07, 6.45) is 5.56. The first kappa shape index (κ1) is 16.3. The average Bonchev–Trinajstić information content (AvgIpc) is 2.29. The Labute approximate surface area is 107 Å². The lowest BCUT2D eigenvalue weighted by Gasteiger charge is -2.05. The summed E-state index contributed by atoms with van der Waals surface area (Å²) >= 11 is 1.39. The van der Waals surface area contributed by atoms with Gasteiger partial charge in [0, 0.05) is 24.5 Å². The first-order valence-electron chi connectivity index (χ1n) is 5.36. The maximum Gasteiger partial charge on any atom is 0.296 e. The highest BCUT2D eigenvalue weighted by Crippen LogP contribution is 2.47. The molecule has 4 nitrogen and oxygen atoms in total. The molecule has 0 aliphatic rings. The Balaban J connectivity index is 3.92. The van der Waals surface area contributed by atoms with Crippen molar-refractivity contribution < 1.29 is 13.9 Å². The monoisotopic (exact) mass is 275 g/mol. The molecule has 0 saturated heterocycles. The van der Waals surface area contributed by atoms with Crippen molar-refractivity contribution in [3.8, 4) is 12.1 Å². The smallest absolute Gasteiger partial charge is 0.296 e. The zero-order chi connectivity index (χ0) is 13.1. The van der Waals surface area contributed by atoms with E-state index in [2.05, 4.69) is 11.0 Å². The Kier molecular flexibility index (Phi) is 8.97. The van der Waals surface area contributed by atoms with E-state index in [-0.39, 0.29) is 5.91 Å². The summed E-state index contributed by atoms with van der Waals surface area (Å²) < 4.78 is 16.7.